The van der Waals surface area contributed by atoms with Crippen LogP contribution in [0, 0.1) is 0 Å². The molecule has 1 rings (SSSR count). The maximum atomic E-state index is 12.1. The first-order valence-electron chi connectivity index (χ1n) is 5.89. The van der Waals surface area contributed by atoms with Gasteiger partial charge in [0.15, 0.2) is 5.78 Å². The first-order chi connectivity index (χ1) is 8.08. The number of nitrogens with zero attached hydrogens (tertiary/aromatic N) is 1. The van der Waals surface area contributed by atoms with Crippen LogP contribution in [0.25, 0.3) is 0 Å². The molecule has 0 saturated heterocycles. The number of thiophene rings is 1. The van der Waals surface area contributed by atoms with E-state index in [1.807, 2.05) is 24.9 Å². The zero-order chi connectivity index (χ0) is 12.8. The van der Waals surface area contributed by atoms with E-state index in [0.29, 0.717) is 12.6 Å². The molecule has 0 aliphatic carbocycles. The maximum Gasteiger partial charge on any atom is 0.186 e. The summed E-state index contributed by atoms with van der Waals surface area (Å²) in [5.74, 6) is 1.30. The fraction of sp³-hybridized carbons (Fsp3) is 0.615. The molecule has 4 heteroatoms. The molecule has 0 aliphatic rings. The highest BCUT2D eigenvalue weighted by Crippen LogP contribution is 2.18. The van der Waals surface area contributed by atoms with Crippen LogP contribution in [0.4, 0.5) is 0 Å². The minimum atomic E-state index is 0.241. The van der Waals surface area contributed by atoms with Gasteiger partial charge in [0.2, 0.25) is 0 Å². The third-order valence-corrected chi connectivity index (χ3v) is 4.92. The van der Waals surface area contributed by atoms with E-state index in [1.165, 1.54) is 4.88 Å². The van der Waals surface area contributed by atoms with Gasteiger partial charge in [-0.15, -0.1) is 11.3 Å². The standard InChI is InChI=1S/C13H21NOS2/c1-5-11-6-7-13(17-11)12(15)8-14(3)10(2)9-16-4/h6-7,10H,5,8-9H2,1-4H3. The second-order valence-corrected chi connectivity index (χ2v) is 6.34. The molecule has 1 atom stereocenters. The van der Waals surface area contributed by atoms with Crippen molar-refractivity contribution < 1.29 is 4.79 Å². The number of ketones is 1. The Kier molecular flexibility index (Phi) is 6.23. The minimum absolute atomic E-state index is 0.241. The van der Waals surface area contributed by atoms with Crippen LogP contribution in [0.2, 0.25) is 0 Å². The van der Waals surface area contributed by atoms with Crippen molar-refractivity contribution in [1.82, 2.24) is 4.90 Å². The van der Waals surface area contributed by atoms with Gasteiger partial charge in [-0.2, -0.15) is 11.8 Å². The summed E-state index contributed by atoms with van der Waals surface area (Å²) in [5.41, 5.74) is 0. The van der Waals surface area contributed by atoms with Crippen LogP contribution >= 0.6 is 23.1 Å². The number of Topliss-reactive ketones (excluding diaryl/α,β-unsaturated/α-hetero) is 1. The zero-order valence-electron chi connectivity index (χ0n) is 11.0. The second-order valence-electron chi connectivity index (χ2n) is 4.26. The Bertz CT molecular complexity index is 362. The number of rotatable bonds is 7. The molecule has 0 aliphatic heterocycles. The number of thioether (sulfide) groups is 1. The van der Waals surface area contributed by atoms with Crippen molar-refractivity contribution in [2.75, 3.05) is 25.6 Å². The van der Waals surface area contributed by atoms with Crippen molar-refractivity contribution in [1.29, 1.82) is 0 Å². The van der Waals surface area contributed by atoms with Gasteiger partial charge >= 0.3 is 0 Å². The maximum absolute atomic E-state index is 12.1. The monoisotopic (exact) mass is 271 g/mol. The largest absolute Gasteiger partial charge is 0.295 e. The van der Waals surface area contributed by atoms with E-state index in [4.69, 9.17) is 0 Å². The number of hydrogen-bond donors (Lipinski definition) is 0. The van der Waals surface area contributed by atoms with Gasteiger partial charge in [-0.25, -0.2) is 0 Å². The van der Waals surface area contributed by atoms with Gasteiger partial charge in [0.05, 0.1) is 11.4 Å². The average molecular weight is 271 g/mol. The molecule has 0 bridgehead atoms. The smallest absolute Gasteiger partial charge is 0.186 e. The molecule has 17 heavy (non-hydrogen) atoms. The number of carbonyl (C=O) groups is 1. The van der Waals surface area contributed by atoms with Crippen molar-refractivity contribution >= 4 is 28.9 Å². The predicted molar refractivity (Wildman–Crippen MR) is 78.5 cm³/mol. The molecule has 0 fully saturated rings. The lowest BCUT2D eigenvalue weighted by Crippen LogP contribution is -2.35. The van der Waals surface area contributed by atoms with Gasteiger partial charge in [0.25, 0.3) is 0 Å². The van der Waals surface area contributed by atoms with Crippen molar-refractivity contribution in [2.24, 2.45) is 0 Å². The second kappa shape index (κ2) is 7.19. The lowest BCUT2D eigenvalue weighted by Gasteiger charge is -2.22. The van der Waals surface area contributed by atoms with Gasteiger partial charge in [-0.1, -0.05) is 6.92 Å². The van der Waals surface area contributed by atoms with E-state index < -0.39 is 0 Å². The average Bonchev–Trinajstić information content (AvgIpc) is 2.77. The van der Waals surface area contributed by atoms with Gasteiger partial charge in [0.1, 0.15) is 0 Å². The Morgan fingerprint density at radius 1 is 1.53 bits per heavy atom. The minimum Gasteiger partial charge on any atom is -0.295 e. The molecule has 1 aromatic heterocycles. The Hall–Kier alpha value is -0.320. The molecule has 0 aromatic carbocycles. The fourth-order valence-corrected chi connectivity index (χ4v) is 3.16. The van der Waals surface area contributed by atoms with E-state index in [1.54, 1.807) is 11.3 Å². The van der Waals surface area contributed by atoms with Gasteiger partial charge in [-0.3, -0.25) is 9.69 Å². The van der Waals surface area contributed by atoms with Crippen molar-refractivity contribution in [3.8, 4) is 0 Å². The molecule has 1 unspecified atom stereocenters. The third kappa shape index (κ3) is 4.45. The van der Waals surface area contributed by atoms with Crippen LogP contribution in [0.15, 0.2) is 12.1 Å². The molecule has 1 heterocycles. The highest BCUT2D eigenvalue weighted by Gasteiger charge is 2.15. The van der Waals surface area contributed by atoms with Gasteiger partial charge < -0.3 is 0 Å². The zero-order valence-corrected chi connectivity index (χ0v) is 12.7. The Balaban J connectivity index is 2.53. The van der Waals surface area contributed by atoms with Gasteiger partial charge in [-0.05, 0) is 38.8 Å². The predicted octanol–water partition coefficient (Wildman–Crippen LogP) is 3.18. The molecule has 0 radical (unpaired) electrons. The summed E-state index contributed by atoms with van der Waals surface area (Å²) in [6.07, 6.45) is 3.11. The van der Waals surface area contributed by atoms with E-state index >= 15 is 0 Å². The quantitative estimate of drug-likeness (QED) is 0.710. The van der Waals surface area contributed by atoms with Crippen molar-refractivity contribution in [3.63, 3.8) is 0 Å². The lowest BCUT2D eigenvalue weighted by molar-refractivity contribution is 0.0935. The van der Waals surface area contributed by atoms with E-state index in [0.717, 1.165) is 17.1 Å². The summed E-state index contributed by atoms with van der Waals surface area (Å²) in [6.45, 7) is 4.80. The van der Waals surface area contributed by atoms with Crippen molar-refractivity contribution in [2.45, 2.75) is 26.3 Å². The SMILES string of the molecule is CCc1ccc(C(=O)CN(C)C(C)CSC)s1. The first kappa shape index (κ1) is 14.7. The fourth-order valence-electron chi connectivity index (χ4n) is 1.55. The first-order valence-corrected chi connectivity index (χ1v) is 8.10. The summed E-state index contributed by atoms with van der Waals surface area (Å²) >= 11 is 3.44. The normalized spacial score (nSPS) is 13.0. The van der Waals surface area contributed by atoms with Gasteiger partial charge in [0, 0.05) is 16.7 Å². The highest BCUT2D eigenvalue weighted by atomic mass is 32.2. The number of hydrogen-bond acceptors (Lipinski definition) is 4. The molecule has 0 spiro atoms. The van der Waals surface area contributed by atoms with E-state index in [-0.39, 0.29) is 5.78 Å². The Morgan fingerprint density at radius 2 is 2.24 bits per heavy atom. The molecule has 0 amide bonds. The topological polar surface area (TPSA) is 20.3 Å². The highest BCUT2D eigenvalue weighted by molar-refractivity contribution is 7.98. The molecule has 96 valence electrons. The Morgan fingerprint density at radius 3 is 2.76 bits per heavy atom. The number of carbonyl (C=O) groups excluding carboxylic acids is 1. The van der Waals surface area contributed by atoms with Crippen LogP contribution in [0.3, 0.4) is 0 Å². The van der Waals surface area contributed by atoms with Crippen LogP contribution in [-0.4, -0.2) is 42.3 Å². The summed E-state index contributed by atoms with van der Waals surface area (Å²) in [6, 6.07) is 4.46. The summed E-state index contributed by atoms with van der Waals surface area (Å²) in [7, 11) is 2.02. The number of aryl methyl sites for hydroxylation is 1. The van der Waals surface area contributed by atoms with Crippen LogP contribution < -0.4 is 0 Å². The lowest BCUT2D eigenvalue weighted by atomic mass is 10.2. The molecule has 0 saturated carbocycles. The Labute approximate surface area is 112 Å². The van der Waals surface area contributed by atoms with Crippen LogP contribution in [0.1, 0.15) is 28.4 Å². The summed E-state index contributed by atoms with van der Waals surface area (Å²) < 4.78 is 0. The third-order valence-electron chi connectivity index (χ3n) is 2.84. The molecular formula is C13H21NOS2. The van der Waals surface area contributed by atoms with E-state index in [2.05, 4.69) is 31.1 Å². The molecule has 2 nitrogen and oxygen atoms in total. The molecule has 1 aromatic rings. The van der Waals surface area contributed by atoms with Crippen molar-refractivity contribution in [3.05, 3.63) is 21.9 Å². The van der Waals surface area contributed by atoms with Crippen LogP contribution in [0.5, 0.6) is 0 Å². The molecule has 0 N–H and O–H groups in total. The summed E-state index contributed by atoms with van der Waals surface area (Å²) in [4.78, 5) is 16.4. The van der Waals surface area contributed by atoms with Crippen LogP contribution in [-0.2, 0) is 6.42 Å². The number of likely N-dealkylation sites (N-methyl/N-ethyl adjacent to an activating group) is 1. The molecular weight excluding hydrogens is 250 g/mol. The summed E-state index contributed by atoms with van der Waals surface area (Å²) in [5, 5.41) is 0. The van der Waals surface area contributed by atoms with E-state index in [9.17, 15) is 4.79 Å².